The summed E-state index contributed by atoms with van der Waals surface area (Å²) in [7, 11) is 0. The Morgan fingerprint density at radius 1 is 1.26 bits per heavy atom. The zero-order chi connectivity index (χ0) is 14.1. The van der Waals surface area contributed by atoms with Crippen LogP contribution in [-0.2, 0) is 0 Å². The third kappa shape index (κ3) is 5.56. The Kier molecular flexibility index (Phi) is 6.67. The minimum absolute atomic E-state index is 0.0418. The van der Waals surface area contributed by atoms with Crippen LogP contribution < -0.4 is 15.4 Å². The van der Waals surface area contributed by atoms with Crippen molar-refractivity contribution < 1.29 is 9.66 Å². The van der Waals surface area contributed by atoms with Crippen molar-refractivity contribution in [3.05, 3.63) is 28.3 Å². The van der Waals surface area contributed by atoms with Crippen molar-refractivity contribution in [2.75, 3.05) is 31.6 Å². The minimum Gasteiger partial charge on any atom is -0.494 e. The van der Waals surface area contributed by atoms with E-state index in [4.69, 9.17) is 4.74 Å². The molecule has 0 saturated heterocycles. The van der Waals surface area contributed by atoms with Gasteiger partial charge in [-0.3, -0.25) is 10.1 Å². The van der Waals surface area contributed by atoms with Gasteiger partial charge in [-0.15, -0.1) is 0 Å². The third-order valence-corrected chi connectivity index (χ3v) is 2.52. The molecular weight excluding hydrogens is 246 g/mol. The highest BCUT2D eigenvalue weighted by atomic mass is 16.6. The van der Waals surface area contributed by atoms with Gasteiger partial charge in [0.2, 0.25) is 0 Å². The Balaban J connectivity index is 2.62. The molecule has 19 heavy (non-hydrogen) atoms. The van der Waals surface area contributed by atoms with Crippen LogP contribution in [0, 0.1) is 10.1 Å². The molecule has 0 aliphatic heterocycles. The summed E-state index contributed by atoms with van der Waals surface area (Å²) in [4.78, 5) is 10.4. The molecule has 106 valence electrons. The van der Waals surface area contributed by atoms with E-state index in [1.54, 1.807) is 6.07 Å². The molecule has 1 aromatic carbocycles. The van der Waals surface area contributed by atoms with Crippen molar-refractivity contribution in [1.82, 2.24) is 5.32 Å². The van der Waals surface area contributed by atoms with E-state index in [0.717, 1.165) is 26.1 Å². The monoisotopic (exact) mass is 267 g/mol. The van der Waals surface area contributed by atoms with Crippen LogP contribution in [0.1, 0.15) is 20.3 Å². The predicted molar refractivity (Wildman–Crippen MR) is 75.9 cm³/mol. The van der Waals surface area contributed by atoms with Crippen LogP contribution in [-0.4, -0.2) is 31.2 Å². The van der Waals surface area contributed by atoms with E-state index in [2.05, 4.69) is 17.6 Å². The number of ether oxygens (including phenoxy) is 1. The molecule has 0 aliphatic carbocycles. The van der Waals surface area contributed by atoms with Crippen LogP contribution in [0.3, 0.4) is 0 Å². The number of nitro benzene ring substituents is 1. The van der Waals surface area contributed by atoms with Crippen LogP contribution in [0.15, 0.2) is 18.2 Å². The van der Waals surface area contributed by atoms with E-state index in [1.807, 2.05) is 6.92 Å². The Morgan fingerprint density at radius 2 is 2.05 bits per heavy atom. The lowest BCUT2D eigenvalue weighted by atomic mass is 10.2. The topological polar surface area (TPSA) is 76.4 Å². The first-order valence-corrected chi connectivity index (χ1v) is 6.54. The lowest BCUT2D eigenvalue weighted by Crippen LogP contribution is -2.17. The highest BCUT2D eigenvalue weighted by Gasteiger charge is 2.10. The molecule has 0 unspecified atom stereocenters. The normalized spacial score (nSPS) is 10.2. The predicted octanol–water partition coefficient (Wildman–Crippen LogP) is 2.41. The minimum atomic E-state index is -0.410. The number of hydrogen-bond donors (Lipinski definition) is 2. The lowest BCUT2D eigenvalue weighted by molar-refractivity contribution is -0.384. The maximum absolute atomic E-state index is 10.8. The molecule has 0 aromatic heterocycles. The summed E-state index contributed by atoms with van der Waals surface area (Å²) in [5.74, 6) is 0.519. The first-order valence-electron chi connectivity index (χ1n) is 6.54. The third-order valence-electron chi connectivity index (χ3n) is 2.52. The van der Waals surface area contributed by atoms with E-state index in [0.29, 0.717) is 18.0 Å². The Hall–Kier alpha value is -1.82. The largest absolute Gasteiger partial charge is 0.494 e. The maximum Gasteiger partial charge on any atom is 0.275 e. The van der Waals surface area contributed by atoms with Crippen LogP contribution >= 0.6 is 0 Å². The molecule has 0 atom stereocenters. The summed E-state index contributed by atoms with van der Waals surface area (Å²) >= 11 is 0. The molecule has 0 radical (unpaired) electrons. The molecule has 2 N–H and O–H groups in total. The summed E-state index contributed by atoms with van der Waals surface area (Å²) in [5, 5.41) is 17.2. The van der Waals surface area contributed by atoms with E-state index >= 15 is 0 Å². The molecule has 6 heteroatoms. The second-order valence-electron chi connectivity index (χ2n) is 4.04. The first kappa shape index (κ1) is 15.2. The van der Waals surface area contributed by atoms with Gasteiger partial charge in [0.15, 0.2) is 0 Å². The van der Waals surface area contributed by atoms with Gasteiger partial charge in [0.05, 0.1) is 17.6 Å². The van der Waals surface area contributed by atoms with Gasteiger partial charge >= 0.3 is 0 Å². The molecule has 0 spiro atoms. The number of non-ortho nitro benzene ring substituents is 1. The fourth-order valence-corrected chi connectivity index (χ4v) is 1.66. The molecule has 0 aliphatic rings. The summed E-state index contributed by atoms with van der Waals surface area (Å²) in [5.41, 5.74) is 0.759. The van der Waals surface area contributed by atoms with Crippen molar-refractivity contribution in [2.24, 2.45) is 0 Å². The highest BCUT2D eigenvalue weighted by Crippen LogP contribution is 2.25. The second kappa shape index (κ2) is 8.31. The number of anilines is 1. The second-order valence-corrected chi connectivity index (χ2v) is 4.04. The van der Waals surface area contributed by atoms with Gasteiger partial charge in [-0.05, 0) is 26.4 Å². The molecule has 1 aromatic rings. The zero-order valence-electron chi connectivity index (χ0n) is 11.4. The molecule has 6 nitrogen and oxygen atoms in total. The highest BCUT2D eigenvalue weighted by molar-refractivity contribution is 5.56. The van der Waals surface area contributed by atoms with E-state index in [9.17, 15) is 10.1 Å². The maximum atomic E-state index is 10.8. The van der Waals surface area contributed by atoms with Gasteiger partial charge in [-0.25, -0.2) is 0 Å². The fourth-order valence-electron chi connectivity index (χ4n) is 1.66. The number of hydrogen-bond acceptors (Lipinski definition) is 5. The van der Waals surface area contributed by atoms with Crippen molar-refractivity contribution in [3.8, 4) is 5.75 Å². The molecule has 0 amide bonds. The molecule has 0 bridgehead atoms. The summed E-state index contributed by atoms with van der Waals surface area (Å²) in [6.07, 6.45) is 0.959. The van der Waals surface area contributed by atoms with Gasteiger partial charge in [0, 0.05) is 24.4 Å². The SMILES string of the molecule is CCNCCCNc1cc(OCC)cc([N+](=O)[O-])c1. The Bertz CT molecular complexity index is 410. The van der Waals surface area contributed by atoms with Gasteiger partial charge in [-0.2, -0.15) is 0 Å². The lowest BCUT2D eigenvalue weighted by Gasteiger charge is -2.09. The number of nitrogens with zero attached hydrogens (tertiary/aromatic N) is 1. The van der Waals surface area contributed by atoms with Gasteiger partial charge in [-0.1, -0.05) is 6.92 Å². The van der Waals surface area contributed by atoms with Crippen LogP contribution in [0.4, 0.5) is 11.4 Å². The quantitative estimate of drug-likeness (QED) is 0.408. The van der Waals surface area contributed by atoms with Crippen molar-refractivity contribution >= 4 is 11.4 Å². The first-order chi connectivity index (χ1) is 9.17. The number of nitrogens with one attached hydrogen (secondary N) is 2. The van der Waals surface area contributed by atoms with Crippen molar-refractivity contribution in [1.29, 1.82) is 0 Å². The molecule has 0 fully saturated rings. The average molecular weight is 267 g/mol. The van der Waals surface area contributed by atoms with E-state index < -0.39 is 4.92 Å². The Labute approximate surface area is 113 Å². The smallest absolute Gasteiger partial charge is 0.275 e. The zero-order valence-corrected chi connectivity index (χ0v) is 11.4. The molecule has 0 heterocycles. The average Bonchev–Trinajstić information content (AvgIpc) is 2.38. The Morgan fingerprint density at radius 3 is 2.68 bits per heavy atom. The van der Waals surface area contributed by atoms with E-state index in [1.165, 1.54) is 12.1 Å². The standard InChI is InChI=1S/C13H21N3O3/c1-3-14-6-5-7-15-11-8-12(16(17)18)10-13(9-11)19-4-2/h8-10,14-15H,3-7H2,1-2H3. The molecular formula is C13H21N3O3. The van der Waals surface area contributed by atoms with Crippen molar-refractivity contribution in [2.45, 2.75) is 20.3 Å². The van der Waals surface area contributed by atoms with E-state index in [-0.39, 0.29) is 5.69 Å². The van der Waals surface area contributed by atoms with Gasteiger partial charge < -0.3 is 15.4 Å². The molecule has 0 saturated carbocycles. The summed E-state index contributed by atoms with van der Waals surface area (Å²) in [6, 6.07) is 4.74. The number of benzene rings is 1. The molecule has 1 rings (SSSR count). The van der Waals surface area contributed by atoms with Crippen LogP contribution in [0.5, 0.6) is 5.75 Å². The number of nitro groups is 1. The fraction of sp³-hybridized carbons (Fsp3) is 0.538. The number of rotatable bonds is 9. The summed E-state index contributed by atoms with van der Waals surface area (Å²) < 4.78 is 5.33. The van der Waals surface area contributed by atoms with Crippen LogP contribution in [0.2, 0.25) is 0 Å². The van der Waals surface area contributed by atoms with Crippen molar-refractivity contribution in [3.63, 3.8) is 0 Å². The van der Waals surface area contributed by atoms with Gasteiger partial charge in [0.1, 0.15) is 5.75 Å². The van der Waals surface area contributed by atoms with Crippen LogP contribution in [0.25, 0.3) is 0 Å². The van der Waals surface area contributed by atoms with Gasteiger partial charge in [0.25, 0.3) is 5.69 Å². The summed E-state index contributed by atoms with van der Waals surface area (Å²) in [6.45, 7) is 7.04.